The van der Waals surface area contributed by atoms with Crippen LogP contribution in [0.25, 0.3) is 0 Å². The Morgan fingerprint density at radius 2 is 0.500 bits per heavy atom. The lowest BCUT2D eigenvalue weighted by molar-refractivity contribution is -0.167. The van der Waals surface area contributed by atoms with Gasteiger partial charge in [0.05, 0.1) is 0 Å². The largest absolute Gasteiger partial charge is 0.462 e. The van der Waals surface area contributed by atoms with Crippen LogP contribution >= 0.6 is 0 Å². The molecule has 0 heterocycles. The van der Waals surface area contributed by atoms with E-state index in [1.165, 1.54) is 218 Å². The van der Waals surface area contributed by atoms with E-state index in [0.717, 1.165) is 64.2 Å². The van der Waals surface area contributed by atoms with E-state index in [-0.39, 0.29) is 31.1 Å². The van der Waals surface area contributed by atoms with Gasteiger partial charge >= 0.3 is 17.9 Å². The number of allylic oxidation sites excluding steroid dienone is 4. The van der Waals surface area contributed by atoms with Crippen molar-refractivity contribution in [3.8, 4) is 0 Å². The Kier molecular flexibility index (Phi) is 53.7. The third kappa shape index (κ3) is 52.9. The molecule has 0 N–H and O–H groups in total. The molecule has 0 aromatic heterocycles. The van der Waals surface area contributed by atoms with Crippen LogP contribution in [0.15, 0.2) is 24.3 Å². The van der Waals surface area contributed by atoms with Gasteiger partial charge in [-0.05, 0) is 70.6 Å². The average Bonchev–Trinajstić information content (AvgIpc) is 3.31. The van der Waals surface area contributed by atoms with Crippen molar-refractivity contribution < 1.29 is 28.6 Å². The molecule has 0 radical (unpaired) electrons. The van der Waals surface area contributed by atoms with E-state index in [2.05, 4.69) is 45.1 Å². The number of unbranched alkanes of at least 4 members (excludes halogenated alkanes) is 39. The van der Waals surface area contributed by atoms with E-state index in [4.69, 9.17) is 14.2 Å². The summed E-state index contributed by atoms with van der Waals surface area (Å²) in [4.78, 5) is 38.1. The number of esters is 3. The van der Waals surface area contributed by atoms with Gasteiger partial charge in [0.1, 0.15) is 13.2 Å². The summed E-state index contributed by atoms with van der Waals surface area (Å²) in [6.45, 7) is 6.67. The van der Waals surface area contributed by atoms with Crippen molar-refractivity contribution in [1.82, 2.24) is 0 Å². The quantitative estimate of drug-likeness (QED) is 0.0262. The summed E-state index contributed by atoms with van der Waals surface area (Å²) in [6, 6.07) is 0. The maximum atomic E-state index is 12.8. The molecule has 0 saturated carbocycles. The van der Waals surface area contributed by atoms with E-state index in [9.17, 15) is 14.4 Å². The van der Waals surface area contributed by atoms with Gasteiger partial charge in [-0.25, -0.2) is 0 Å². The first-order chi connectivity index (χ1) is 32.5. The van der Waals surface area contributed by atoms with Crippen molar-refractivity contribution in [1.29, 1.82) is 0 Å². The smallest absolute Gasteiger partial charge is 0.306 e. The van der Waals surface area contributed by atoms with Gasteiger partial charge < -0.3 is 14.2 Å². The first-order valence-corrected chi connectivity index (χ1v) is 29.3. The highest BCUT2D eigenvalue weighted by Gasteiger charge is 2.19. The molecule has 0 bridgehead atoms. The Labute approximate surface area is 411 Å². The van der Waals surface area contributed by atoms with Gasteiger partial charge in [0.2, 0.25) is 0 Å². The number of hydrogen-bond donors (Lipinski definition) is 0. The van der Waals surface area contributed by atoms with Crippen molar-refractivity contribution in [2.45, 2.75) is 329 Å². The number of hydrogen-bond acceptors (Lipinski definition) is 6. The van der Waals surface area contributed by atoms with Gasteiger partial charge in [-0.3, -0.25) is 14.4 Å². The molecule has 0 fully saturated rings. The second-order valence-electron chi connectivity index (χ2n) is 19.9. The average molecular weight is 930 g/mol. The molecule has 0 aromatic rings. The maximum absolute atomic E-state index is 12.8. The minimum Gasteiger partial charge on any atom is -0.462 e. The van der Waals surface area contributed by atoms with Crippen molar-refractivity contribution >= 4 is 17.9 Å². The van der Waals surface area contributed by atoms with Crippen LogP contribution in [0.2, 0.25) is 0 Å². The molecule has 6 nitrogen and oxygen atoms in total. The fourth-order valence-corrected chi connectivity index (χ4v) is 8.73. The Hall–Kier alpha value is -2.11. The molecule has 0 aliphatic carbocycles. The second kappa shape index (κ2) is 55.5. The van der Waals surface area contributed by atoms with Gasteiger partial charge in [0.25, 0.3) is 0 Å². The molecule has 0 amide bonds. The zero-order chi connectivity index (χ0) is 47.9. The van der Waals surface area contributed by atoms with Crippen LogP contribution in [0.3, 0.4) is 0 Å². The lowest BCUT2D eigenvalue weighted by atomic mass is 10.0. The number of ether oxygens (including phenoxy) is 3. The zero-order valence-corrected chi connectivity index (χ0v) is 44.5. The fraction of sp³-hybridized carbons (Fsp3) is 0.883. The van der Waals surface area contributed by atoms with Crippen LogP contribution in [-0.2, 0) is 28.6 Å². The summed E-state index contributed by atoms with van der Waals surface area (Å²) in [7, 11) is 0. The summed E-state index contributed by atoms with van der Waals surface area (Å²) in [5.41, 5.74) is 0. The molecule has 0 aliphatic rings. The van der Waals surface area contributed by atoms with Crippen LogP contribution in [-0.4, -0.2) is 37.2 Å². The lowest BCUT2D eigenvalue weighted by Gasteiger charge is -2.18. The Balaban J connectivity index is 4.33. The van der Waals surface area contributed by atoms with Crippen LogP contribution in [0.1, 0.15) is 323 Å². The molecule has 0 aromatic carbocycles. The van der Waals surface area contributed by atoms with Crippen molar-refractivity contribution in [2.75, 3.05) is 13.2 Å². The first-order valence-electron chi connectivity index (χ1n) is 29.3. The number of carbonyl (C=O) groups is 3. The SMILES string of the molecule is CCCCCCCCC/C=C\CCCCCC(=O)OCC(COC(=O)CCCCCCCCC/C=C\CCCCCCCCCC)OC(=O)CCCCCCCCCCCCCCCCC. The molecule has 0 saturated heterocycles. The Morgan fingerprint density at radius 3 is 0.773 bits per heavy atom. The second-order valence-corrected chi connectivity index (χ2v) is 19.9. The number of rotatable bonds is 54. The lowest BCUT2D eigenvalue weighted by Crippen LogP contribution is -2.30. The van der Waals surface area contributed by atoms with E-state index in [1.54, 1.807) is 0 Å². The summed E-state index contributed by atoms with van der Waals surface area (Å²) < 4.78 is 16.9. The molecular weight excluding hydrogens is 817 g/mol. The van der Waals surface area contributed by atoms with E-state index in [0.29, 0.717) is 19.3 Å². The molecule has 388 valence electrons. The summed E-state index contributed by atoms with van der Waals surface area (Å²) in [5, 5.41) is 0. The zero-order valence-electron chi connectivity index (χ0n) is 44.5. The van der Waals surface area contributed by atoms with Gasteiger partial charge in [0, 0.05) is 19.3 Å². The molecule has 0 aliphatic heterocycles. The fourth-order valence-electron chi connectivity index (χ4n) is 8.73. The molecule has 1 atom stereocenters. The van der Waals surface area contributed by atoms with Crippen LogP contribution < -0.4 is 0 Å². The van der Waals surface area contributed by atoms with Crippen molar-refractivity contribution in [3.05, 3.63) is 24.3 Å². The summed E-state index contributed by atoms with van der Waals surface area (Å²) in [6.07, 6.45) is 64.5. The van der Waals surface area contributed by atoms with Gasteiger partial charge in [-0.2, -0.15) is 0 Å². The maximum Gasteiger partial charge on any atom is 0.306 e. The first kappa shape index (κ1) is 63.9. The minimum atomic E-state index is -0.775. The highest BCUT2D eigenvalue weighted by atomic mass is 16.6. The van der Waals surface area contributed by atoms with E-state index in [1.807, 2.05) is 0 Å². The van der Waals surface area contributed by atoms with Crippen LogP contribution in [0.5, 0.6) is 0 Å². The predicted molar refractivity (Wildman–Crippen MR) is 284 cm³/mol. The third-order valence-electron chi connectivity index (χ3n) is 13.2. The molecule has 6 heteroatoms. The van der Waals surface area contributed by atoms with E-state index >= 15 is 0 Å². The third-order valence-corrected chi connectivity index (χ3v) is 13.2. The summed E-state index contributed by atoms with van der Waals surface area (Å²) >= 11 is 0. The predicted octanol–water partition coefficient (Wildman–Crippen LogP) is 19.5. The summed E-state index contributed by atoms with van der Waals surface area (Å²) in [5.74, 6) is -0.874. The molecule has 0 spiro atoms. The normalized spacial score (nSPS) is 12.1. The van der Waals surface area contributed by atoms with Gasteiger partial charge in [-0.1, -0.05) is 257 Å². The standard InChI is InChI=1S/C60H112O6/c1-4-7-10-13-16-19-22-25-28-29-30-31-33-35-38-41-44-47-50-53-59(62)65-56-57(55-64-58(61)52-49-46-43-40-37-34-27-24-21-18-15-12-9-6-3)66-60(63)54-51-48-45-42-39-36-32-26-23-20-17-14-11-8-5-2/h29-30,34,37,57H,4-28,31-33,35-36,38-56H2,1-3H3/b30-29-,37-34-. The molecule has 0 rings (SSSR count). The van der Waals surface area contributed by atoms with Gasteiger partial charge in [-0.15, -0.1) is 0 Å². The van der Waals surface area contributed by atoms with Crippen molar-refractivity contribution in [3.63, 3.8) is 0 Å². The molecular formula is C60H112O6. The van der Waals surface area contributed by atoms with Crippen LogP contribution in [0.4, 0.5) is 0 Å². The topological polar surface area (TPSA) is 78.9 Å². The number of carbonyl (C=O) groups excluding carboxylic acids is 3. The highest BCUT2D eigenvalue weighted by Crippen LogP contribution is 2.16. The van der Waals surface area contributed by atoms with Gasteiger partial charge in [0.15, 0.2) is 6.10 Å². The van der Waals surface area contributed by atoms with E-state index < -0.39 is 6.10 Å². The highest BCUT2D eigenvalue weighted by molar-refractivity contribution is 5.71. The Morgan fingerprint density at radius 1 is 0.288 bits per heavy atom. The van der Waals surface area contributed by atoms with Crippen molar-refractivity contribution in [2.24, 2.45) is 0 Å². The van der Waals surface area contributed by atoms with Crippen LogP contribution in [0, 0.1) is 0 Å². The molecule has 1 unspecified atom stereocenters. The Bertz CT molecular complexity index is 1070. The molecule has 66 heavy (non-hydrogen) atoms. The monoisotopic (exact) mass is 929 g/mol. The minimum absolute atomic E-state index is 0.0739.